The van der Waals surface area contributed by atoms with Crippen molar-refractivity contribution >= 4 is 34.6 Å². The number of nitrogens with zero attached hydrogens (tertiary/aromatic N) is 2. The minimum Gasteiger partial charge on any atom is -0.588 e. The Morgan fingerprint density at radius 1 is 1.06 bits per heavy atom. The van der Waals surface area contributed by atoms with Gasteiger partial charge in [0, 0.05) is 36.8 Å². The molecule has 34 heavy (non-hydrogen) atoms. The number of carbonyl (C=O) groups is 2. The summed E-state index contributed by atoms with van der Waals surface area (Å²) in [6.07, 6.45) is 0.740. The van der Waals surface area contributed by atoms with Crippen molar-refractivity contribution in [2.24, 2.45) is 0 Å². The van der Waals surface area contributed by atoms with E-state index in [1.54, 1.807) is 28.3 Å². The van der Waals surface area contributed by atoms with E-state index in [1.807, 2.05) is 74.5 Å². The first kappa shape index (κ1) is 23.9. The van der Waals surface area contributed by atoms with Crippen LogP contribution in [-0.4, -0.2) is 29.0 Å². The second kappa shape index (κ2) is 10.3. The number of nitrogens with one attached hydrogen (secondary N) is 1. The van der Waals surface area contributed by atoms with Gasteiger partial charge in [0.1, 0.15) is 11.4 Å². The molecule has 0 radical (unpaired) electrons. The molecule has 3 aromatic rings. The van der Waals surface area contributed by atoms with Crippen LogP contribution in [0.1, 0.15) is 42.3 Å². The highest BCUT2D eigenvalue weighted by atomic mass is 32.2. The van der Waals surface area contributed by atoms with Crippen molar-refractivity contribution in [3.8, 4) is 0 Å². The summed E-state index contributed by atoms with van der Waals surface area (Å²) in [7, 11) is 0. The fourth-order valence-electron chi connectivity index (χ4n) is 4.08. The Balaban J connectivity index is 1.69. The third-order valence-electron chi connectivity index (χ3n) is 5.71. The van der Waals surface area contributed by atoms with E-state index in [9.17, 15) is 14.1 Å². The fourth-order valence-corrected chi connectivity index (χ4v) is 5.34. The topological polar surface area (TPSA) is 75.7 Å². The molecule has 1 atom stereocenters. The summed E-state index contributed by atoms with van der Waals surface area (Å²) in [5.41, 5.74) is 4.13. The minimum absolute atomic E-state index is 0.00909. The molecule has 0 saturated carbocycles. The summed E-state index contributed by atoms with van der Waals surface area (Å²) in [5, 5.41) is 2.91. The minimum atomic E-state index is -1.52. The lowest BCUT2D eigenvalue weighted by atomic mass is 10.1. The Hall–Kier alpha value is -3.29. The van der Waals surface area contributed by atoms with Crippen LogP contribution in [0.2, 0.25) is 0 Å². The predicted octanol–water partition coefficient (Wildman–Crippen LogP) is 4.46. The molecule has 0 spiro atoms. The van der Waals surface area contributed by atoms with Crippen molar-refractivity contribution in [3.63, 3.8) is 0 Å². The highest BCUT2D eigenvalue weighted by molar-refractivity contribution is 7.92. The summed E-state index contributed by atoms with van der Waals surface area (Å²) >= 11 is -1.52. The Morgan fingerprint density at radius 3 is 2.53 bits per heavy atom. The van der Waals surface area contributed by atoms with Crippen LogP contribution in [0.15, 0.2) is 77.7 Å². The summed E-state index contributed by atoms with van der Waals surface area (Å²) in [5.74, 6) is -0.154. The van der Waals surface area contributed by atoms with Gasteiger partial charge >= 0.3 is 0 Å². The van der Waals surface area contributed by atoms with Gasteiger partial charge in [-0.2, -0.15) is 4.31 Å². The maximum Gasteiger partial charge on any atom is 0.251 e. The van der Waals surface area contributed by atoms with Gasteiger partial charge in [0.15, 0.2) is 4.90 Å². The lowest BCUT2D eigenvalue weighted by molar-refractivity contribution is -0.116. The first-order valence-corrected chi connectivity index (χ1v) is 12.5. The van der Waals surface area contributed by atoms with Gasteiger partial charge in [-0.1, -0.05) is 36.4 Å². The van der Waals surface area contributed by atoms with Crippen molar-refractivity contribution in [1.82, 2.24) is 5.32 Å². The van der Waals surface area contributed by atoms with Crippen LogP contribution in [0.3, 0.4) is 0 Å². The van der Waals surface area contributed by atoms with Crippen LogP contribution in [-0.2, 0) is 29.1 Å². The standard InChI is InChI=1S/C27H29N3O3S/c1-19(2)28-27(32)23-10-7-11-24(16-23)30(18-21-8-5-4-6-9-21)34(33)25-12-13-26-22(17-25)14-15-29(26)20(3)31/h4-13,16-17,19H,14-15,18H2,1-3H3,(H,28,32). The molecule has 0 aromatic heterocycles. The van der Waals surface area contributed by atoms with Gasteiger partial charge in [-0.05, 0) is 61.7 Å². The van der Waals surface area contributed by atoms with E-state index in [2.05, 4.69) is 5.32 Å². The average molecular weight is 476 g/mol. The molecule has 7 heteroatoms. The van der Waals surface area contributed by atoms with Crippen LogP contribution >= 0.6 is 0 Å². The molecule has 1 N–H and O–H groups in total. The van der Waals surface area contributed by atoms with Gasteiger partial charge in [0.05, 0.1) is 12.2 Å². The lowest BCUT2D eigenvalue weighted by Gasteiger charge is -2.27. The molecule has 1 aliphatic rings. The molecular formula is C27H29N3O3S. The number of amides is 2. The van der Waals surface area contributed by atoms with E-state index in [0.717, 1.165) is 23.2 Å². The summed E-state index contributed by atoms with van der Waals surface area (Å²) in [4.78, 5) is 26.9. The van der Waals surface area contributed by atoms with Crippen LogP contribution in [0.25, 0.3) is 0 Å². The Morgan fingerprint density at radius 2 is 1.82 bits per heavy atom. The number of carbonyl (C=O) groups excluding carboxylic acids is 2. The SMILES string of the molecule is CC(=O)N1CCc2cc([S+]([O-])N(Cc3ccccc3)c3cccc(C(=O)NC(C)C)c3)ccc21. The number of anilines is 2. The van der Waals surface area contributed by atoms with Crippen LogP contribution < -0.4 is 14.5 Å². The van der Waals surface area contributed by atoms with Crippen LogP contribution in [0.5, 0.6) is 0 Å². The molecule has 0 fully saturated rings. The zero-order valence-electron chi connectivity index (χ0n) is 19.7. The van der Waals surface area contributed by atoms with E-state index in [-0.39, 0.29) is 17.9 Å². The molecule has 0 saturated heterocycles. The smallest absolute Gasteiger partial charge is 0.251 e. The molecule has 1 unspecified atom stereocenters. The van der Waals surface area contributed by atoms with Crippen molar-refractivity contribution in [3.05, 3.63) is 89.5 Å². The van der Waals surface area contributed by atoms with Crippen LogP contribution in [0, 0.1) is 0 Å². The average Bonchev–Trinajstić information content (AvgIpc) is 3.26. The second-order valence-electron chi connectivity index (χ2n) is 8.66. The normalized spacial score (nSPS) is 13.5. The Kier molecular flexibility index (Phi) is 7.24. The summed E-state index contributed by atoms with van der Waals surface area (Å²) in [6.45, 7) is 6.45. The lowest BCUT2D eigenvalue weighted by Crippen LogP contribution is -2.32. The number of fused-ring (bicyclic) bond motifs is 1. The monoisotopic (exact) mass is 475 g/mol. The highest BCUT2D eigenvalue weighted by Gasteiger charge is 2.28. The molecule has 1 aliphatic heterocycles. The highest BCUT2D eigenvalue weighted by Crippen LogP contribution is 2.33. The molecule has 0 bridgehead atoms. The molecule has 0 aliphatic carbocycles. The Bertz CT molecular complexity index is 1180. The first-order valence-electron chi connectivity index (χ1n) is 11.4. The molecule has 4 rings (SSSR count). The van der Waals surface area contributed by atoms with Crippen molar-refractivity contribution in [2.45, 2.75) is 44.7 Å². The van der Waals surface area contributed by atoms with E-state index in [1.165, 1.54) is 0 Å². The number of benzene rings is 3. The third kappa shape index (κ3) is 5.26. The van der Waals surface area contributed by atoms with E-state index < -0.39 is 11.4 Å². The Labute approximate surface area is 203 Å². The fraction of sp³-hybridized carbons (Fsp3) is 0.259. The number of rotatable bonds is 7. The van der Waals surface area contributed by atoms with Gasteiger partial charge in [0.25, 0.3) is 5.91 Å². The summed E-state index contributed by atoms with van der Waals surface area (Å²) < 4.78 is 15.7. The molecule has 176 valence electrons. The van der Waals surface area contributed by atoms with Crippen molar-refractivity contribution in [2.75, 3.05) is 15.7 Å². The maximum atomic E-state index is 13.9. The molecule has 3 aromatic carbocycles. The third-order valence-corrected chi connectivity index (χ3v) is 7.11. The van der Waals surface area contributed by atoms with Crippen molar-refractivity contribution in [1.29, 1.82) is 0 Å². The largest absolute Gasteiger partial charge is 0.588 e. The van der Waals surface area contributed by atoms with E-state index in [0.29, 0.717) is 29.2 Å². The van der Waals surface area contributed by atoms with Gasteiger partial charge in [-0.3, -0.25) is 9.59 Å². The van der Waals surface area contributed by atoms with Gasteiger partial charge in [-0.25, -0.2) is 0 Å². The zero-order chi connectivity index (χ0) is 24.2. The van der Waals surface area contributed by atoms with E-state index in [4.69, 9.17) is 0 Å². The first-order chi connectivity index (χ1) is 16.3. The van der Waals surface area contributed by atoms with Crippen LogP contribution in [0.4, 0.5) is 11.4 Å². The number of hydrogen-bond donors (Lipinski definition) is 1. The maximum absolute atomic E-state index is 13.9. The van der Waals surface area contributed by atoms with Gasteiger partial charge in [0.2, 0.25) is 5.91 Å². The summed E-state index contributed by atoms with van der Waals surface area (Å²) in [6, 6.07) is 22.7. The number of hydrogen-bond acceptors (Lipinski definition) is 4. The molecular weight excluding hydrogens is 446 g/mol. The second-order valence-corrected chi connectivity index (χ2v) is 10.1. The van der Waals surface area contributed by atoms with Gasteiger partial charge in [-0.15, -0.1) is 0 Å². The molecule has 2 amide bonds. The predicted molar refractivity (Wildman–Crippen MR) is 136 cm³/mol. The zero-order valence-corrected chi connectivity index (χ0v) is 20.5. The molecule has 1 heterocycles. The van der Waals surface area contributed by atoms with Gasteiger partial charge < -0.3 is 14.8 Å². The van der Waals surface area contributed by atoms with Crippen molar-refractivity contribution < 1.29 is 14.1 Å². The quantitative estimate of drug-likeness (QED) is 0.512. The molecule has 6 nitrogen and oxygen atoms in total. The van der Waals surface area contributed by atoms with E-state index >= 15 is 0 Å².